The molecule has 8 nitrogen and oxygen atoms in total. The number of hydrogen-bond acceptors (Lipinski definition) is 6. The number of nitrogens with zero attached hydrogens (tertiary/aromatic N) is 6. The van der Waals surface area contributed by atoms with Crippen molar-refractivity contribution in [3.8, 4) is 0 Å². The van der Waals surface area contributed by atoms with Gasteiger partial charge in [0.1, 0.15) is 19.2 Å². The molecule has 0 fully saturated rings. The van der Waals surface area contributed by atoms with Gasteiger partial charge in [-0.25, -0.2) is 18.1 Å². The van der Waals surface area contributed by atoms with E-state index in [4.69, 9.17) is 10.7 Å². The fraction of sp³-hybridized carbons (Fsp3) is 0.500. The molecule has 10 heteroatoms. The summed E-state index contributed by atoms with van der Waals surface area (Å²) < 4.78 is 25.7. The van der Waals surface area contributed by atoms with E-state index in [1.807, 2.05) is 13.8 Å². The molecule has 0 bridgehead atoms. The SMILES string of the molecule is CC(C)n1c(Cn2cncn2)nnc1S(=O)(=O)Cl. The second kappa shape index (κ2) is 4.65. The molecule has 0 radical (unpaired) electrons. The van der Waals surface area contributed by atoms with Gasteiger partial charge in [0, 0.05) is 16.7 Å². The molecule has 98 valence electrons. The standard InChI is InChI=1S/C8H11ClN6O2S/c1-6(2)15-7(3-14-5-10-4-11-14)12-13-8(15)18(9,16)17/h4-6H,3H2,1-2H3. The third kappa shape index (κ3) is 2.51. The fourth-order valence-electron chi connectivity index (χ4n) is 1.56. The van der Waals surface area contributed by atoms with Gasteiger partial charge in [0.2, 0.25) is 0 Å². The molecule has 0 spiro atoms. The van der Waals surface area contributed by atoms with Gasteiger partial charge in [-0.2, -0.15) is 5.10 Å². The summed E-state index contributed by atoms with van der Waals surface area (Å²) in [6.45, 7) is 3.91. The first-order valence-electron chi connectivity index (χ1n) is 5.10. The first-order valence-corrected chi connectivity index (χ1v) is 7.41. The van der Waals surface area contributed by atoms with E-state index in [2.05, 4.69) is 20.3 Å². The molecule has 0 unspecified atom stereocenters. The van der Waals surface area contributed by atoms with Crippen LogP contribution in [0.5, 0.6) is 0 Å². The third-order valence-corrected chi connectivity index (χ3v) is 3.37. The van der Waals surface area contributed by atoms with Crippen molar-refractivity contribution in [1.29, 1.82) is 0 Å². The first-order chi connectivity index (χ1) is 8.39. The maximum absolute atomic E-state index is 11.4. The molecule has 0 aliphatic rings. The van der Waals surface area contributed by atoms with Crippen molar-refractivity contribution in [2.24, 2.45) is 0 Å². The van der Waals surface area contributed by atoms with Crippen molar-refractivity contribution in [2.75, 3.05) is 0 Å². The smallest absolute Gasteiger partial charge is 0.296 e. The van der Waals surface area contributed by atoms with Crippen molar-refractivity contribution in [2.45, 2.75) is 31.6 Å². The Morgan fingerprint density at radius 3 is 2.61 bits per heavy atom. The summed E-state index contributed by atoms with van der Waals surface area (Å²) in [6, 6.07) is -0.137. The van der Waals surface area contributed by atoms with Crippen molar-refractivity contribution < 1.29 is 8.42 Å². The average Bonchev–Trinajstić information content (AvgIpc) is 2.85. The van der Waals surface area contributed by atoms with Crippen LogP contribution in [0.4, 0.5) is 0 Å². The molecule has 0 atom stereocenters. The second-order valence-corrected chi connectivity index (χ2v) is 6.35. The fourth-order valence-corrected chi connectivity index (χ4v) is 2.56. The van der Waals surface area contributed by atoms with Crippen LogP contribution in [0.2, 0.25) is 0 Å². The van der Waals surface area contributed by atoms with Crippen LogP contribution >= 0.6 is 10.7 Å². The summed E-state index contributed by atoms with van der Waals surface area (Å²) in [5, 5.41) is 11.1. The zero-order valence-corrected chi connectivity index (χ0v) is 11.3. The van der Waals surface area contributed by atoms with Crippen molar-refractivity contribution >= 4 is 19.7 Å². The van der Waals surface area contributed by atoms with Crippen LogP contribution in [0.25, 0.3) is 0 Å². The summed E-state index contributed by atoms with van der Waals surface area (Å²) in [4.78, 5) is 3.80. The highest BCUT2D eigenvalue weighted by Crippen LogP contribution is 2.19. The van der Waals surface area contributed by atoms with E-state index >= 15 is 0 Å². The molecule has 18 heavy (non-hydrogen) atoms. The number of hydrogen-bond donors (Lipinski definition) is 0. The number of halogens is 1. The molecule has 0 N–H and O–H groups in total. The predicted molar refractivity (Wildman–Crippen MR) is 62.6 cm³/mol. The first kappa shape index (κ1) is 13.0. The summed E-state index contributed by atoms with van der Waals surface area (Å²) in [5.74, 6) is 0.453. The van der Waals surface area contributed by atoms with E-state index in [0.717, 1.165) is 0 Å². The summed E-state index contributed by atoms with van der Waals surface area (Å²) >= 11 is 0. The van der Waals surface area contributed by atoms with Crippen LogP contribution in [0.1, 0.15) is 25.7 Å². The van der Waals surface area contributed by atoms with Crippen molar-refractivity contribution in [3.63, 3.8) is 0 Å². The molecule has 0 saturated heterocycles. The molecule has 2 aromatic heterocycles. The highest BCUT2D eigenvalue weighted by Gasteiger charge is 2.24. The topological polar surface area (TPSA) is 95.6 Å². The molecular weight excluding hydrogens is 280 g/mol. The van der Waals surface area contributed by atoms with Crippen LogP contribution in [0.15, 0.2) is 17.8 Å². The predicted octanol–water partition coefficient (Wildman–Crippen LogP) is 0.426. The van der Waals surface area contributed by atoms with Gasteiger partial charge in [0.05, 0.1) is 0 Å². The van der Waals surface area contributed by atoms with Crippen LogP contribution < -0.4 is 0 Å². The minimum atomic E-state index is -3.92. The Bertz CT molecular complexity index is 633. The summed E-state index contributed by atoms with van der Waals surface area (Å²) in [7, 11) is 1.40. The van der Waals surface area contributed by atoms with E-state index in [-0.39, 0.29) is 17.7 Å². The molecule has 0 amide bonds. The highest BCUT2D eigenvalue weighted by molar-refractivity contribution is 8.13. The van der Waals surface area contributed by atoms with Crippen LogP contribution in [-0.4, -0.2) is 37.9 Å². The average molecular weight is 291 g/mol. The van der Waals surface area contributed by atoms with Gasteiger partial charge >= 0.3 is 0 Å². The summed E-state index contributed by atoms with van der Waals surface area (Å²) in [5.41, 5.74) is 0. The van der Waals surface area contributed by atoms with E-state index in [0.29, 0.717) is 5.82 Å². The van der Waals surface area contributed by atoms with E-state index < -0.39 is 9.05 Å². The lowest BCUT2D eigenvalue weighted by molar-refractivity contribution is 0.494. The Balaban J connectivity index is 2.46. The normalized spacial score (nSPS) is 12.2. The molecule has 2 aromatic rings. The third-order valence-electron chi connectivity index (χ3n) is 2.24. The lowest BCUT2D eigenvalue weighted by atomic mass is 10.4. The Hall–Kier alpha value is -1.48. The zero-order chi connectivity index (χ0) is 13.3. The largest absolute Gasteiger partial charge is 0.297 e. The van der Waals surface area contributed by atoms with E-state index in [1.165, 1.54) is 21.9 Å². The molecule has 2 heterocycles. The van der Waals surface area contributed by atoms with Gasteiger partial charge in [-0.3, -0.25) is 4.57 Å². The second-order valence-electron chi connectivity index (χ2n) is 3.89. The lowest BCUT2D eigenvalue weighted by Gasteiger charge is -2.12. The minimum Gasteiger partial charge on any atom is -0.297 e. The lowest BCUT2D eigenvalue weighted by Crippen LogP contribution is -2.14. The number of rotatable bonds is 4. The van der Waals surface area contributed by atoms with Crippen molar-refractivity contribution in [3.05, 3.63) is 18.5 Å². The van der Waals surface area contributed by atoms with Gasteiger partial charge in [0.25, 0.3) is 14.2 Å². The van der Waals surface area contributed by atoms with Crippen LogP contribution in [0.3, 0.4) is 0 Å². The maximum Gasteiger partial charge on any atom is 0.296 e. The molecule has 0 aliphatic carbocycles. The van der Waals surface area contributed by atoms with Gasteiger partial charge in [-0.15, -0.1) is 10.2 Å². The number of aromatic nitrogens is 6. The van der Waals surface area contributed by atoms with Gasteiger partial charge in [0.15, 0.2) is 5.82 Å². The van der Waals surface area contributed by atoms with Gasteiger partial charge in [-0.1, -0.05) is 0 Å². The van der Waals surface area contributed by atoms with E-state index in [1.54, 1.807) is 0 Å². The highest BCUT2D eigenvalue weighted by atomic mass is 35.7. The monoisotopic (exact) mass is 290 g/mol. The Kier molecular flexibility index (Phi) is 3.35. The summed E-state index contributed by atoms with van der Waals surface area (Å²) in [6.07, 6.45) is 2.89. The maximum atomic E-state index is 11.4. The molecular formula is C8H11ClN6O2S. The Labute approximate surface area is 108 Å². The zero-order valence-electron chi connectivity index (χ0n) is 9.73. The van der Waals surface area contributed by atoms with Crippen LogP contribution in [0, 0.1) is 0 Å². The molecule has 0 saturated carbocycles. The minimum absolute atomic E-state index is 0.137. The Morgan fingerprint density at radius 2 is 2.11 bits per heavy atom. The Morgan fingerprint density at radius 1 is 1.39 bits per heavy atom. The van der Waals surface area contributed by atoms with Gasteiger partial charge in [-0.05, 0) is 13.8 Å². The van der Waals surface area contributed by atoms with E-state index in [9.17, 15) is 8.42 Å². The van der Waals surface area contributed by atoms with Gasteiger partial charge < -0.3 is 0 Å². The molecule has 0 aromatic carbocycles. The molecule has 0 aliphatic heterocycles. The van der Waals surface area contributed by atoms with Crippen LogP contribution in [-0.2, 0) is 15.6 Å². The molecule has 2 rings (SSSR count). The quantitative estimate of drug-likeness (QED) is 0.758. The van der Waals surface area contributed by atoms with Crippen molar-refractivity contribution in [1.82, 2.24) is 29.5 Å².